The molecule has 0 saturated heterocycles. The van der Waals surface area contributed by atoms with Crippen molar-refractivity contribution >= 4 is 16.8 Å². The Morgan fingerprint density at radius 1 is 1.16 bits per heavy atom. The molecule has 1 heterocycles. The molecule has 0 bridgehead atoms. The van der Waals surface area contributed by atoms with Crippen molar-refractivity contribution < 1.29 is 14.6 Å². The minimum Gasteiger partial charge on any atom is -0.496 e. The highest BCUT2D eigenvalue weighted by Gasteiger charge is 2.14. The molecule has 1 unspecified atom stereocenters. The number of nitrogens with zero attached hydrogens (tertiary/aromatic N) is 1. The van der Waals surface area contributed by atoms with Crippen LogP contribution in [0.15, 0.2) is 60.8 Å². The fourth-order valence-corrected chi connectivity index (χ4v) is 2.98. The third-order valence-corrected chi connectivity index (χ3v) is 4.29. The van der Waals surface area contributed by atoms with Crippen LogP contribution in [-0.2, 0) is 11.3 Å². The van der Waals surface area contributed by atoms with Crippen molar-refractivity contribution in [1.29, 1.82) is 0 Å². The third-order valence-electron chi connectivity index (χ3n) is 4.29. The summed E-state index contributed by atoms with van der Waals surface area (Å²) < 4.78 is 7.40. The van der Waals surface area contributed by atoms with Gasteiger partial charge >= 0.3 is 0 Å². The van der Waals surface area contributed by atoms with E-state index in [1.165, 1.54) is 0 Å². The first-order valence-electron chi connectivity index (χ1n) is 8.30. The van der Waals surface area contributed by atoms with Crippen LogP contribution in [0.25, 0.3) is 10.9 Å². The standard InChI is InChI=1S/C20H22N2O3/c1-25-19-9-5-8-18-16(19)10-12-22(18)13-11-20(24)21-17(14-23)15-6-3-2-4-7-15/h2-10,12,17,23H,11,13-14H2,1H3,(H,21,24). The van der Waals surface area contributed by atoms with E-state index in [-0.39, 0.29) is 18.6 Å². The van der Waals surface area contributed by atoms with E-state index in [1.54, 1.807) is 7.11 Å². The predicted molar refractivity (Wildman–Crippen MR) is 97.5 cm³/mol. The summed E-state index contributed by atoms with van der Waals surface area (Å²) in [7, 11) is 1.65. The largest absolute Gasteiger partial charge is 0.496 e. The maximum atomic E-state index is 12.3. The van der Waals surface area contributed by atoms with Gasteiger partial charge in [0, 0.05) is 24.5 Å². The summed E-state index contributed by atoms with van der Waals surface area (Å²) in [5.41, 5.74) is 1.93. The van der Waals surface area contributed by atoms with Gasteiger partial charge in [0.05, 0.1) is 25.3 Å². The van der Waals surface area contributed by atoms with E-state index in [0.29, 0.717) is 13.0 Å². The number of aromatic nitrogens is 1. The smallest absolute Gasteiger partial charge is 0.222 e. The molecule has 0 saturated carbocycles. The Morgan fingerprint density at radius 3 is 2.68 bits per heavy atom. The Balaban J connectivity index is 1.64. The minimum absolute atomic E-state index is 0.0901. The van der Waals surface area contributed by atoms with Gasteiger partial charge in [0.15, 0.2) is 0 Å². The maximum absolute atomic E-state index is 12.3. The SMILES string of the molecule is COc1cccc2c1ccn2CCC(=O)NC(CO)c1ccccc1. The molecule has 0 spiro atoms. The van der Waals surface area contributed by atoms with Crippen LogP contribution in [0.3, 0.4) is 0 Å². The number of nitrogens with one attached hydrogen (secondary N) is 1. The number of aliphatic hydroxyl groups excluding tert-OH is 1. The Bertz CT molecular complexity index is 843. The lowest BCUT2D eigenvalue weighted by atomic mass is 10.1. The van der Waals surface area contributed by atoms with Crippen molar-refractivity contribution in [3.63, 3.8) is 0 Å². The number of hydrogen-bond acceptors (Lipinski definition) is 3. The van der Waals surface area contributed by atoms with Crippen LogP contribution < -0.4 is 10.1 Å². The Kier molecular flexibility index (Phi) is 5.36. The summed E-state index contributed by atoms with van der Waals surface area (Å²) in [5.74, 6) is 0.734. The quantitative estimate of drug-likeness (QED) is 0.696. The first-order chi connectivity index (χ1) is 12.2. The molecule has 5 nitrogen and oxygen atoms in total. The normalized spacial score (nSPS) is 12.1. The maximum Gasteiger partial charge on any atom is 0.222 e. The molecule has 0 aliphatic heterocycles. The van der Waals surface area contributed by atoms with E-state index < -0.39 is 0 Å². The molecular formula is C20H22N2O3. The number of rotatable bonds is 7. The summed E-state index contributed by atoms with van der Waals surface area (Å²) in [4.78, 5) is 12.3. The van der Waals surface area contributed by atoms with Crippen LogP contribution in [0, 0.1) is 0 Å². The number of ether oxygens (including phenoxy) is 1. The van der Waals surface area contributed by atoms with Gasteiger partial charge in [-0.05, 0) is 23.8 Å². The summed E-state index contributed by atoms with van der Waals surface area (Å²) in [6.45, 7) is 0.439. The molecule has 0 aliphatic rings. The van der Waals surface area contributed by atoms with E-state index in [1.807, 2.05) is 65.4 Å². The molecule has 5 heteroatoms. The molecule has 3 rings (SSSR count). The van der Waals surface area contributed by atoms with E-state index in [9.17, 15) is 9.90 Å². The lowest BCUT2D eigenvalue weighted by molar-refractivity contribution is -0.122. The van der Waals surface area contributed by atoms with Gasteiger partial charge in [-0.2, -0.15) is 0 Å². The van der Waals surface area contributed by atoms with Crippen molar-refractivity contribution in [1.82, 2.24) is 9.88 Å². The molecule has 2 aromatic carbocycles. The van der Waals surface area contributed by atoms with Crippen LogP contribution in [0.1, 0.15) is 18.0 Å². The van der Waals surface area contributed by atoms with Gasteiger partial charge in [-0.25, -0.2) is 0 Å². The Labute approximate surface area is 146 Å². The van der Waals surface area contributed by atoms with Gasteiger partial charge in [0.1, 0.15) is 5.75 Å². The number of fused-ring (bicyclic) bond motifs is 1. The minimum atomic E-state index is -0.379. The van der Waals surface area contributed by atoms with Gasteiger partial charge in [-0.3, -0.25) is 4.79 Å². The molecule has 130 valence electrons. The Hall–Kier alpha value is -2.79. The second-order valence-corrected chi connectivity index (χ2v) is 5.87. The number of amides is 1. The summed E-state index contributed by atoms with van der Waals surface area (Å²) in [5, 5.41) is 13.5. The van der Waals surface area contributed by atoms with Gasteiger partial charge < -0.3 is 19.7 Å². The van der Waals surface area contributed by atoms with Gasteiger partial charge in [-0.15, -0.1) is 0 Å². The first-order valence-corrected chi connectivity index (χ1v) is 8.30. The van der Waals surface area contributed by atoms with Gasteiger partial charge in [0.25, 0.3) is 0 Å². The molecule has 0 radical (unpaired) electrons. The highest BCUT2D eigenvalue weighted by Crippen LogP contribution is 2.26. The van der Waals surface area contributed by atoms with Crippen LogP contribution in [-0.4, -0.2) is 29.3 Å². The molecule has 0 fully saturated rings. The topological polar surface area (TPSA) is 63.5 Å². The third kappa shape index (κ3) is 3.83. The Morgan fingerprint density at radius 2 is 1.96 bits per heavy atom. The van der Waals surface area contributed by atoms with Crippen LogP contribution >= 0.6 is 0 Å². The van der Waals surface area contributed by atoms with Crippen molar-refractivity contribution in [3.8, 4) is 5.75 Å². The number of benzene rings is 2. The molecule has 1 amide bonds. The lowest BCUT2D eigenvalue weighted by Crippen LogP contribution is -2.31. The highest BCUT2D eigenvalue weighted by molar-refractivity contribution is 5.86. The number of aryl methyl sites for hydroxylation is 1. The number of carbonyl (C=O) groups excluding carboxylic acids is 1. The van der Waals surface area contributed by atoms with Crippen LogP contribution in [0.2, 0.25) is 0 Å². The molecule has 25 heavy (non-hydrogen) atoms. The second kappa shape index (κ2) is 7.85. The molecule has 1 atom stereocenters. The van der Waals surface area contributed by atoms with Crippen molar-refractivity contribution in [2.24, 2.45) is 0 Å². The fraction of sp³-hybridized carbons (Fsp3) is 0.250. The molecule has 1 aromatic heterocycles. The van der Waals surface area contributed by atoms with E-state index in [0.717, 1.165) is 22.2 Å². The zero-order valence-electron chi connectivity index (χ0n) is 14.2. The molecule has 3 aromatic rings. The number of methoxy groups -OCH3 is 1. The predicted octanol–water partition coefficient (Wildman–Crippen LogP) is 2.89. The van der Waals surface area contributed by atoms with Crippen LogP contribution in [0.5, 0.6) is 5.75 Å². The highest BCUT2D eigenvalue weighted by atomic mass is 16.5. The molecule has 2 N–H and O–H groups in total. The van der Waals surface area contributed by atoms with Crippen molar-refractivity contribution in [2.45, 2.75) is 19.0 Å². The fourth-order valence-electron chi connectivity index (χ4n) is 2.98. The number of aliphatic hydroxyl groups is 1. The molecule has 0 aliphatic carbocycles. The van der Waals surface area contributed by atoms with Gasteiger partial charge in [-0.1, -0.05) is 36.4 Å². The van der Waals surface area contributed by atoms with E-state index >= 15 is 0 Å². The van der Waals surface area contributed by atoms with E-state index in [2.05, 4.69) is 5.32 Å². The average Bonchev–Trinajstić information content (AvgIpc) is 3.08. The lowest BCUT2D eigenvalue weighted by Gasteiger charge is -2.17. The average molecular weight is 338 g/mol. The summed E-state index contributed by atoms with van der Waals surface area (Å²) >= 11 is 0. The van der Waals surface area contributed by atoms with Crippen molar-refractivity contribution in [2.75, 3.05) is 13.7 Å². The summed E-state index contributed by atoms with van der Waals surface area (Å²) in [6.07, 6.45) is 2.30. The number of hydrogen-bond donors (Lipinski definition) is 2. The second-order valence-electron chi connectivity index (χ2n) is 5.87. The monoisotopic (exact) mass is 338 g/mol. The van der Waals surface area contributed by atoms with Gasteiger partial charge in [0.2, 0.25) is 5.91 Å². The molecular weight excluding hydrogens is 316 g/mol. The van der Waals surface area contributed by atoms with Crippen molar-refractivity contribution in [3.05, 3.63) is 66.4 Å². The first kappa shape index (κ1) is 17.0. The zero-order valence-corrected chi connectivity index (χ0v) is 14.2. The van der Waals surface area contributed by atoms with Crippen LogP contribution in [0.4, 0.5) is 0 Å². The summed E-state index contributed by atoms with van der Waals surface area (Å²) in [6, 6.07) is 17.0. The number of carbonyl (C=O) groups is 1. The van der Waals surface area contributed by atoms with E-state index in [4.69, 9.17) is 4.74 Å². The zero-order chi connectivity index (χ0) is 17.6.